The lowest BCUT2D eigenvalue weighted by molar-refractivity contribution is -0.140. The second-order valence-electron chi connectivity index (χ2n) is 4.54. The molecule has 1 aliphatic heterocycles. The van der Waals surface area contributed by atoms with E-state index in [1.807, 2.05) is 6.92 Å². The fourth-order valence-corrected chi connectivity index (χ4v) is 2.05. The molecule has 1 fully saturated rings. The number of urea groups is 1. The SMILES string of the molecule is COC(=O)CCCCCC[C@H]1NC(=O)N[C@H]1C. The number of hydrogen-bond acceptors (Lipinski definition) is 3. The zero-order chi connectivity index (χ0) is 12.7. The number of carbonyl (C=O) groups is 2. The number of esters is 1. The van der Waals surface area contributed by atoms with Crippen molar-refractivity contribution in [3.8, 4) is 0 Å². The van der Waals surface area contributed by atoms with Gasteiger partial charge < -0.3 is 15.4 Å². The van der Waals surface area contributed by atoms with Crippen LogP contribution in [0.3, 0.4) is 0 Å². The molecule has 5 nitrogen and oxygen atoms in total. The lowest BCUT2D eigenvalue weighted by Gasteiger charge is -2.13. The number of rotatable bonds is 7. The summed E-state index contributed by atoms with van der Waals surface area (Å²) in [5, 5.41) is 5.73. The van der Waals surface area contributed by atoms with Gasteiger partial charge in [0.15, 0.2) is 0 Å². The lowest BCUT2D eigenvalue weighted by atomic mass is 10.0. The number of nitrogens with one attached hydrogen (secondary N) is 2. The fraction of sp³-hybridized carbons (Fsp3) is 0.833. The predicted octanol–water partition coefficient (Wildman–Crippen LogP) is 1.57. The Balaban J connectivity index is 1.97. The standard InChI is InChI=1S/C12H22N2O3/c1-9-10(14-12(16)13-9)7-5-3-4-6-8-11(15)17-2/h9-10H,3-8H2,1-2H3,(H2,13,14,16)/t9-,10+/m0/s1. The van der Waals surface area contributed by atoms with Crippen molar-refractivity contribution in [3.63, 3.8) is 0 Å². The van der Waals surface area contributed by atoms with Gasteiger partial charge in [-0.2, -0.15) is 0 Å². The molecule has 2 atom stereocenters. The number of carbonyl (C=O) groups excluding carboxylic acids is 2. The Kier molecular flexibility index (Phi) is 5.80. The third-order valence-corrected chi connectivity index (χ3v) is 3.15. The summed E-state index contributed by atoms with van der Waals surface area (Å²) in [6.07, 6.45) is 5.61. The first-order valence-corrected chi connectivity index (χ1v) is 6.27. The zero-order valence-electron chi connectivity index (χ0n) is 10.6. The van der Waals surface area contributed by atoms with Crippen LogP contribution in [0.4, 0.5) is 4.79 Å². The zero-order valence-corrected chi connectivity index (χ0v) is 10.6. The molecule has 0 unspecified atom stereocenters. The largest absolute Gasteiger partial charge is 0.469 e. The minimum absolute atomic E-state index is 0.0619. The highest BCUT2D eigenvalue weighted by atomic mass is 16.5. The van der Waals surface area contributed by atoms with Gasteiger partial charge in [-0.05, 0) is 19.8 Å². The Morgan fingerprint density at radius 3 is 2.53 bits per heavy atom. The van der Waals surface area contributed by atoms with Crippen LogP contribution in [0.25, 0.3) is 0 Å². The normalized spacial score (nSPS) is 23.1. The van der Waals surface area contributed by atoms with E-state index in [4.69, 9.17) is 0 Å². The van der Waals surface area contributed by atoms with Crippen LogP contribution in [0.5, 0.6) is 0 Å². The van der Waals surface area contributed by atoms with Gasteiger partial charge in [0.05, 0.1) is 13.2 Å². The molecular formula is C12H22N2O3. The molecule has 5 heteroatoms. The number of methoxy groups -OCH3 is 1. The molecular weight excluding hydrogens is 220 g/mol. The van der Waals surface area contributed by atoms with Crippen LogP contribution in [0.1, 0.15) is 45.4 Å². The van der Waals surface area contributed by atoms with Crippen LogP contribution < -0.4 is 10.6 Å². The number of hydrogen-bond donors (Lipinski definition) is 2. The van der Waals surface area contributed by atoms with Crippen molar-refractivity contribution < 1.29 is 14.3 Å². The van der Waals surface area contributed by atoms with Crippen molar-refractivity contribution in [2.45, 2.75) is 57.5 Å². The van der Waals surface area contributed by atoms with E-state index in [9.17, 15) is 9.59 Å². The fourth-order valence-electron chi connectivity index (χ4n) is 2.05. The first-order valence-electron chi connectivity index (χ1n) is 6.27. The highest BCUT2D eigenvalue weighted by Crippen LogP contribution is 2.12. The molecule has 1 saturated heterocycles. The molecule has 2 N–H and O–H groups in total. The first-order chi connectivity index (χ1) is 8.13. The van der Waals surface area contributed by atoms with Crippen molar-refractivity contribution in [1.29, 1.82) is 0 Å². The van der Waals surface area contributed by atoms with Crippen molar-refractivity contribution in [3.05, 3.63) is 0 Å². The van der Waals surface area contributed by atoms with E-state index in [0.717, 1.165) is 32.1 Å². The van der Waals surface area contributed by atoms with Crippen molar-refractivity contribution in [2.75, 3.05) is 7.11 Å². The van der Waals surface area contributed by atoms with Gasteiger partial charge in [-0.3, -0.25) is 4.79 Å². The van der Waals surface area contributed by atoms with Gasteiger partial charge in [-0.1, -0.05) is 19.3 Å². The maximum atomic E-state index is 11.0. The van der Waals surface area contributed by atoms with Gasteiger partial charge in [-0.15, -0.1) is 0 Å². The van der Waals surface area contributed by atoms with Crippen molar-refractivity contribution in [1.82, 2.24) is 10.6 Å². The molecule has 2 amide bonds. The van der Waals surface area contributed by atoms with Gasteiger partial charge >= 0.3 is 12.0 Å². The van der Waals surface area contributed by atoms with E-state index in [1.54, 1.807) is 0 Å². The summed E-state index contributed by atoms with van der Waals surface area (Å²) in [6, 6.07) is 0.411. The quantitative estimate of drug-likeness (QED) is 0.526. The summed E-state index contributed by atoms with van der Waals surface area (Å²) in [6.45, 7) is 2.01. The smallest absolute Gasteiger partial charge is 0.315 e. The van der Waals surface area contributed by atoms with E-state index < -0.39 is 0 Å². The monoisotopic (exact) mass is 242 g/mol. The lowest BCUT2D eigenvalue weighted by Crippen LogP contribution is -2.30. The maximum absolute atomic E-state index is 11.0. The highest BCUT2D eigenvalue weighted by Gasteiger charge is 2.26. The van der Waals surface area contributed by atoms with Gasteiger partial charge in [0.2, 0.25) is 0 Å². The van der Waals surface area contributed by atoms with E-state index >= 15 is 0 Å². The Hall–Kier alpha value is -1.26. The molecule has 0 aromatic carbocycles. The van der Waals surface area contributed by atoms with Crippen LogP contribution in [0, 0.1) is 0 Å². The predicted molar refractivity (Wildman–Crippen MR) is 64.6 cm³/mol. The summed E-state index contributed by atoms with van der Waals surface area (Å²) >= 11 is 0. The summed E-state index contributed by atoms with van der Waals surface area (Å²) in [5.41, 5.74) is 0. The number of ether oxygens (including phenoxy) is 1. The topological polar surface area (TPSA) is 67.4 Å². The molecule has 0 aromatic rings. The van der Waals surface area contributed by atoms with Gasteiger partial charge in [0, 0.05) is 12.5 Å². The molecule has 0 saturated carbocycles. The van der Waals surface area contributed by atoms with Crippen molar-refractivity contribution >= 4 is 12.0 Å². The maximum Gasteiger partial charge on any atom is 0.315 e. The summed E-state index contributed by atoms with van der Waals surface area (Å²) < 4.78 is 4.57. The minimum atomic E-state index is -0.133. The molecule has 1 aliphatic rings. The van der Waals surface area contributed by atoms with Gasteiger partial charge in [0.25, 0.3) is 0 Å². The molecule has 1 heterocycles. The number of unbranched alkanes of at least 4 members (excludes halogenated alkanes) is 3. The molecule has 0 aliphatic carbocycles. The Labute approximate surface area is 102 Å². The van der Waals surface area contributed by atoms with Crippen LogP contribution in [-0.2, 0) is 9.53 Å². The third-order valence-electron chi connectivity index (χ3n) is 3.15. The van der Waals surface area contributed by atoms with Crippen LogP contribution >= 0.6 is 0 Å². The van der Waals surface area contributed by atoms with E-state index in [2.05, 4.69) is 15.4 Å². The second-order valence-corrected chi connectivity index (χ2v) is 4.54. The second kappa shape index (κ2) is 7.14. The third kappa shape index (κ3) is 5.06. The van der Waals surface area contributed by atoms with E-state index in [0.29, 0.717) is 6.42 Å². The average molecular weight is 242 g/mol. The number of amides is 2. The average Bonchev–Trinajstić information content (AvgIpc) is 2.62. The molecule has 0 bridgehead atoms. The molecule has 0 aromatic heterocycles. The molecule has 17 heavy (non-hydrogen) atoms. The molecule has 0 radical (unpaired) electrons. The summed E-state index contributed by atoms with van der Waals surface area (Å²) in [5.74, 6) is -0.133. The Morgan fingerprint density at radius 1 is 1.24 bits per heavy atom. The summed E-state index contributed by atoms with van der Waals surface area (Å²) in [7, 11) is 1.42. The summed E-state index contributed by atoms with van der Waals surface area (Å²) in [4.78, 5) is 21.9. The Bertz CT molecular complexity index is 268. The van der Waals surface area contributed by atoms with Crippen LogP contribution in [0.2, 0.25) is 0 Å². The van der Waals surface area contributed by atoms with Gasteiger partial charge in [0.1, 0.15) is 0 Å². The van der Waals surface area contributed by atoms with Gasteiger partial charge in [-0.25, -0.2) is 4.79 Å². The Morgan fingerprint density at radius 2 is 1.94 bits per heavy atom. The first kappa shape index (κ1) is 13.8. The van der Waals surface area contributed by atoms with Crippen LogP contribution in [0.15, 0.2) is 0 Å². The minimum Gasteiger partial charge on any atom is -0.469 e. The molecule has 1 rings (SSSR count). The van der Waals surface area contributed by atoms with E-state index in [-0.39, 0.29) is 24.1 Å². The molecule has 98 valence electrons. The molecule has 0 spiro atoms. The highest BCUT2D eigenvalue weighted by molar-refractivity contribution is 5.77. The van der Waals surface area contributed by atoms with E-state index in [1.165, 1.54) is 7.11 Å². The van der Waals surface area contributed by atoms with Crippen LogP contribution in [-0.4, -0.2) is 31.2 Å². The van der Waals surface area contributed by atoms with Crippen molar-refractivity contribution in [2.24, 2.45) is 0 Å².